The van der Waals surface area contributed by atoms with Gasteiger partial charge in [-0.3, -0.25) is 4.79 Å². The minimum absolute atomic E-state index is 0.0470. The zero-order valence-corrected chi connectivity index (χ0v) is 16.3. The molecule has 0 saturated carbocycles. The molecule has 1 amide bonds. The number of aliphatic imine (C=N–C) groups is 1. The first kappa shape index (κ1) is 18.9. The van der Waals surface area contributed by atoms with E-state index in [1.807, 2.05) is 52.0 Å². The lowest BCUT2D eigenvalue weighted by atomic mass is 9.95. The highest BCUT2D eigenvalue weighted by Crippen LogP contribution is 2.26. The van der Waals surface area contributed by atoms with Gasteiger partial charge in [-0.25, -0.2) is 4.99 Å². The highest BCUT2D eigenvalue weighted by Gasteiger charge is 2.23. The molecule has 0 atom stereocenters. The summed E-state index contributed by atoms with van der Waals surface area (Å²) in [7, 11) is 0. The average molecular weight is 336 g/mol. The van der Waals surface area contributed by atoms with Crippen LogP contribution in [0.4, 0.5) is 5.69 Å². The van der Waals surface area contributed by atoms with Crippen LogP contribution >= 0.6 is 0 Å². The zero-order valence-electron chi connectivity index (χ0n) is 16.3. The van der Waals surface area contributed by atoms with Gasteiger partial charge in [0.1, 0.15) is 5.84 Å². The quantitative estimate of drug-likeness (QED) is 0.597. The fourth-order valence-corrected chi connectivity index (χ4v) is 2.63. The third-order valence-corrected chi connectivity index (χ3v) is 4.10. The van der Waals surface area contributed by atoms with E-state index in [0.717, 1.165) is 22.4 Å². The number of carbonyl (C=O) groups excluding carboxylic acids is 1. The van der Waals surface area contributed by atoms with Crippen LogP contribution < -0.4 is 5.32 Å². The van der Waals surface area contributed by atoms with E-state index in [4.69, 9.17) is 4.99 Å². The second kappa shape index (κ2) is 7.22. The molecule has 0 aliphatic carbocycles. The lowest BCUT2D eigenvalue weighted by molar-refractivity contribution is -0.126. The number of hydrogen-bond donors (Lipinski definition) is 1. The van der Waals surface area contributed by atoms with Gasteiger partial charge in [0, 0.05) is 11.0 Å². The van der Waals surface area contributed by atoms with Gasteiger partial charge < -0.3 is 5.32 Å². The molecule has 0 unspecified atom stereocenters. The Morgan fingerprint density at radius 3 is 1.88 bits per heavy atom. The van der Waals surface area contributed by atoms with Crippen LogP contribution in [-0.4, -0.2) is 11.7 Å². The number of hydrogen-bond acceptors (Lipinski definition) is 2. The van der Waals surface area contributed by atoms with Gasteiger partial charge >= 0.3 is 0 Å². The zero-order chi connectivity index (χ0) is 18.8. The van der Waals surface area contributed by atoms with Crippen molar-refractivity contribution in [2.75, 3.05) is 0 Å². The van der Waals surface area contributed by atoms with Crippen LogP contribution in [0.1, 0.15) is 48.6 Å². The molecule has 0 fully saturated rings. The largest absolute Gasteiger partial charge is 0.310 e. The molecule has 0 heterocycles. The monoisotopic (exact) mass is 336 g/mol. The molecule has 0 aromatic heterocycles. The van der Waals surface area contributed by atoms with Crippen molar-refractivity contribution < 1.29 is 4.79 Å². The molecule has 25 heavy (non-hydrogen) atoms. The molecular formula is C22H28N2O. The van der Waals surface area contributed by atoms with Crippen molar-refractivity contribution >= 4 is 17.4 Å². The minimum atomic E-state index is -0.483. The van der Waals surface area contributed by atoms with E-state index in [1.165, 1.54) is 11.1 Å². The van der Waals surface area contributed by atoms with Gasteiger partial charge in [0.15, 0.2) is 0 Å². The first-order valence-electron chi connectivity index (χ1n) is 8.63. The Balaban J connectivity index is 2.55. The number of nitrogens with one attached hydrogen (secondary N) is 1. The first-order valence-corrected chi connectivity index (χ1v) is 8.63. The number of benzene rings is 2. The summed E-state index contributed by atoms with van der Waals surface area (Å²) in [6.45, 7) is 13.9. The Kier molecular flexibility index (Phi) is 5.46. The fraction of sp³-hybridized carbons (Fsp3) is 0.364. The second-order valence-electron chi connectivity index (χ2n) is 7.78. The van der Waals surface area contributed by atoms with Crippen molar-refractivity contribution in [3.05, 3.63) is 64.2 Å². The standard InChI is InChI=1S/C22H28N2O/c1-14-8-10-18(11-9-14)20(24-21(25)22(5,6)7)23-19-16(3)12-15(2)13-17(19)4/h8-13H,1-7H3,(H,23,24,25). The minimum Gasteiger partial charge on any atom is -0.310 e. The number of nitrogens with zero attached hydrogens (tertiary/aromatic N) is 1. The molecule has 3 nitrogen and oxygen atoms in total. The second-order valence-corrected chi connectivity index (χ2v) is 7.78. The SMILES string of the molecule is Cc1ccc(C(=Nc2c(C)cc(C)cc2C)NC(=O)C(C)(C)C)cc1. The predicted molar refractivity (Wildman–Crippen MR) is 106 cm³/mol. The van der Waals surface area contributed by atoms with E-state index >= 15 is 0 Å². The smallest absolute Gasteiger partial charge is 0.230 e. The maximum atomic E-state index is 12.5. The summed E-state index contributed by atoms with van der Waals surface area (Å²) in [5, 5.41) is 3.02. The number of aryl methyl sites for hydroxylation is 4. The Morgan fingerprint density at radius 2 is 1.40 bits per heavy atom. The fourth-order valence-electron chi connectivity index (χ4n) is 2.63. The van der Waals surface area contributed by atoms with E-state index in [2.05, 4.69) is 38.2 Å². The summed E-state index contributed by atoms with van der Waals surface area (Å²) >= 11 is 0. The van der Waals surface area contributed by atoms with Crippen LogP contribution in [0.2, 0.25) is 0 Å². The van der Waals surface area contributed by atoms with Gasteiger partial charge in [-0.15, -0.1) is 0 Å². The Labute approximate surface area is 151 Å². The Bertz CT molecular complexity index is 786. The van der Waals surface area contributed by atoms with E-state index in [1.54, 1.807) is 0 Å². The Morgan fingerprint density at radius 1 is 0.880 bits per heavy atom. The summed E-state index contributed by atoms with van der Waals surface area (Å²) in [5.41, 5.74) is 5.93. The van der Waals surface area contributed by atoms with Gasteiger partial charge in [0.2, 0.25) is 5.91 Å². The molecule has 0 aliphatic rings. The van der Waals surface area contributed by atoms with E-state index in [-0.39, 0.29) is 5.91 Å². The normalized spacial score (nSPS) is 12.2. The van der Waals surface area contributed by atoms with Crippen LogP contribution in [0.15, 0.2) is 41.4 Å². The van der Waals surface area contributed by atoms with Crippen molar-refractivity contribution in [1.29, 1.82) is 0 Å². The van der Waals surface area contributed by atoms with Gasteiger partial charge in [-0.2, -0.15) is 0 Å². The molecule has 132 valence electrons. The maximum absolute atomic E-state index is 12.5. The van der Waals surface area contributed by atoms with Crippen LogP contribution in [0.5, 0.6) is 0 Å². The van der Waals surface area contributed by atoms with Gasteiger partial charge in [-0.05, 0) is 38.8 Å². The molecule has 1 N–H and O–H groups in total. The van der Waals surface area contributed by atoms with Gasteiger partial charge in [-0.1, -0.05) is 68.3 Å². The molecule has 3 heteroatoms. The van der Waals surface area contributed by atoms with E-state index in [9.17, 15) is 4.79 Å². The summed E-state index contributed by atoms with van der Waals surface area (Å²) < 4.78 is 0. The molecule has 2 rings (SSSR count). The Hall–Kier alpha value is -2.42. The third kappa shape index (κ3) is 4.79. The summed E-state index contributed by atoms with van der Waals surface area (Å²) in [4.78, 5) is 17.4. The van der Waals surface area contributed by atoms with E-state index in [0.29, 0.717) is 5.84 Å². The topological polar surface area (TPSA) is 41.5 Å². The first-order chi connectivity index (χ1) is 11.6. The number of carbonyl (C=O) groups is 1. The van der Waals surface area contributed by atoms with Crippen molar-refractivity contribution in [2.24, 2.45) is 10.4 Å². The van der Waals surface area contributed by atoms with Crippen molar-refractivity contribution in [3.8, 4) is 0 Å². The molecule has 2 aromatic rings. The summed E-state index contributed by atoms with van der Waals surface area (Å²) in [6, 6.07) is 12.3. The van der Waals surface area contributed by atoms with Crippen LogP contribution in [0.3, 0.4) is 0 Å². The van der Waals surface area contributed by atoms with Gasteiger partial charge in [0.25, 0.3) is 0 Å². The highest BCUT2D eigenvalue weighted by molar-refractivity contribution is 6.10. The predicted octanol–water partition coefficient (Wildman–Crippen LogP) is 5.16. The van der Waals surface area contributed by atoms with Crippen LogP contribution in [-0.2, 0) is 4.79 Å². The molecule has 2 aromatic carbocycles. The van der Waals surface area contributed by atoms with Gasteiger partial charge in [0.05, 0.1) is 5.69 Å². The molecule has 0 saturated heterocycles. The van der Waals surface area contributed by atoms with Crippen LogP contribution in [0, 0.1) is 33.1 Å². The lowest BCUT2D eigenvalue weighted by Crippen LogP contribution is -2.39. The number of rotatable bonds is 2. The highest BCUT2D eigenvalue weighted by atomic mass is 16.2. The maximum Gasteiger partial charge on any atom is 0.230 e. The van der Waals surface area contributed by atoms with Crippen molar-refractivity contribution in [1.82, 2.24) is 5.32 Å². The number of amides is 1. The number of amidine groups is 1. The average Bonchev–Trinajstić information content (AvgIpc) is 2.49. The van der Waals surface area contributed by atoms with Crippen molar-refractivity contribution in [3.63, 3.8) is 0 Å². The molecule has 0 bridgehead atoms. The molecule has 0 spiro atoms. The van der Waals surface area contributed by atoms with Crippen LogP contribution in [0.25, 0.3) is 0 Å². The molecule has 0 aliphatic heterocycles. The van der Waals surface area contributed by atoms with Crippen molar-refractivity contribution in [2.45, 2.75) is 48.5 Å². The molecular weight excluding hydrogens is 308 g/mol. The molecule has 0 radical (unpaired) electrons. The summed E-state index contributed by atoms with van der Waals surface area (Å²) in [5.74, 6) is 0.546. The summed E-state index contributed by atoms with van der Waals surface area (Å²) in [6.07, 6.45) is 0. The van der Waals surface area contributed by atoms with E-state index < -0.39 is 5.41 Å². The lowest BCUT2D eigenvalue weighted by Gasteiger charge is -2.19. The third-order valence-electron chi connectivity index (χ3n) is 4.10.